The van der Waals surface area contributed by atoms with Crippen molar-refractivity contribution in [3.05, 3.63) is 65.7 Å². The van der Waals surface area contributed by atoms with Crippen molar-refractivity contribution < 1.29 is 27.8 Å². The van der Waals surface area contributed by atoms with Crippen LogP contribution < -0.4 is 19.6 Å². The maximum Gasteiger partial charge on any atom is 0.387 e. The predicted molar refractivity (Wildman–Crippen MR) is 105 cm³/mol. The van der Waals surface area contributed by atoms with E-state index in [1.807, 2.05) is 12.1 Å². The first-order valence-corrected chi connectivity index (χ1v) is 8.55. The fourth-order valence-electron chi connectivity index (χ4n) is 2.80. The average Bonchev–Trinajstić information content (AvgIpc) is 2.73. The first-order valence-electron chi connectivity index (χ1n) is 8.55. The number of hydrazone groups is 1. The zero-order chi connectivity index (χ0) is 20.8. The molecule has 0 aliphatic carbocycles. The number of nitrogens with one attached hydrogen (secondary N) is 1. The number of fused-ring (bicyclic) bond motifs is 1. The molecule has 1 amide bonds. The smallest absolute Gasteiger partial charge is 0.387 e. The molecule has 1 N–H and O–H groups in total. The maximum absolute atomic E-state index is 12.7. The van der Waals surface area contributed by atoms with Crippen LogP contribution in [-0.2, 0) is 0 Å². The molecule has 0 aromatic heterocycles. The molecule has 0 saturated carbocycles. The largest absolute Gasteiger partial charge is 0.493 e. The number of hydrogen-bond acceptors (Lipinski definition) is 5. The minimum absolute atomic E-state index is 0.0391. The molecule has 0 aliphatic rings. The molecule has 0 spiro atoms. The van der Waals surface area contributed by atoms with Crippen LogP contribution in [-0.4, -0.2) is 33.0 Å². The second-order valence-corrected chi connectivity index (χ2v) is 5.85. The molecule has 8 heteroatoms. The lowest BCUT2D eigenvalue weighted by atomic mass is 10.0. The monoisotopic (exact) mass is 400 g/mol. The number of benzene rings is 3. The lowest BCUT2D eigenvalue weighted by molar-refractivity contribution is -0.0498. The third kappa shape index (κ3) is 4.60. The summed E-state index contributed by atoms with van der Waals surface area (Å²) in [6.45, 7) is -2.98. The molecule has 3 aromatic rings. The number of rotatable bonds is 7. The van der Waals surface area contributed by atoms with Crippen LogP contribution in [0.4, 0.5) is 8.78 Å². The van der Waals surface area contributed by atoms with Crippen LogP contribution in [0.2, 0.25) is 0 Å². The van der Waals surface area contributed by atoms with Gasteiger partial charge in [0, 0.05) is 11.1 Å². The summed E-state index contributed by atoms with van der Waals surface area (Å²) in [6, 6.07) is 15.0. The molecular weight excluding hydrogens is 382 g/mol. The van der Waals surface area contributed by atoms with Crippen LogP contribution in [0, 0.1) is 0 Å². The minimum Gasteiger partial charge on any atom is -0.493 e. The molecule has 0 saturated heterocycles. The van der Waals surface area contributed by atoms with E-state index in [-0.39, 0.29) is 5.75 Å². The van der Waals surface area contributed by atoms with Crippen LogP contribution >= 0.6 is 0 Å². The third-order valence-electron chi connectivity index (χ3n) is 4.15. The average molecular weight is 400 g/mol. The topological polar surface area (TPSA) is 69.2 Å². The lowest BCUT2D eigenvalue weighted by Crippen LogP contribution is -2.18. The zero-order valence-corrected chi connectivity index (χ0v) is 15.7. The summed E-state index contributed by atoms with van der Waals surface area (Å²) < 4.78 is 40.4. The van der Waals surface area contributed by atoms with E-state index in [0.29, 0.717) is 28.0 Å². The Morgan fingerprint density at radius 1 is 1.00 bits per heavy atom. The summed E-state index contributed by atoms with van der Waals surface area (Å²) in [5.74, 6) is 0.337. The Kier molecular flexibility index (Phi) is 6.23. The Balaban J connectivity index is 1.86. The lowest BCUT2D eigenvalue weighted by Gasteiger charge is -2.11. The van der Waals surface area contributed by atoms with Crippen LogP contribution in [0.1, 0.15) is 15.9 Å². The van der Waals surface area contributed by atoms with E-state index in [9.17, 15) is 13.6 Å². The normalized spacial score (nSPS) is 11.1. The van der Waals surface area contributed by atoms with Gasteiger partial charge in [0.05, 0.1) is 20.4 Å². The molecule has 0 fully saturated rings. The van der Waals surface area contributed by atoms with Gasteiger partial charge >= 0.3 is 6.61 Å². The summed E-state index contributed by atoms with van der Waals surface area (Å²) >= 11 is 0. The molecule has 6 nitrogen and oxygen atoms in total. The Bertz CT molecular complexity index is 1050. The van der Waals surface area contributed by atoms with Crippen LogP contribution in [0.25, 0.3) is 10.8 Å². The Labute approximate surface area is 165 Å². The van der Waals surface area contributed by atoms with E-state index in [0.717, 1.165) is 5.39 Å². The van der Waals surface area contributed by atoms with Crippen molar-refractivity contribution in [3.63, 3.8) is 0 Å². The van der Waals surface area contributed by atoms with Crippen molar-refractivity contribution in [2.75, 3.05) is 14.2 Å². The van der Waals surface area contributed by atoms with Gasteiger partial charge in [-0.05, 0) is 35.0 Å². The van der Waals surface area contributed by atoms with Crippen molar-refractivity contribution in [1.29, 1.82) is 0 Å². The highest BCUT2D eigenvalue weighted by atomic mass is 19.3. The highest BCUT2D eigenvalue weighted by Gasteiger charge is 2.13. The van der Waals surface area contributed by atoms with Crippen LogP contribution in [0.15, 0.2) is 59.7 Å². The number of alkyl halides is 2. The van der Waals surface area contributed by atoms with Gasteiger partial charge in [0.15, 0.2) is 11.5 Å². The summed E-state index contributed by atoms with van der Waals surface area (Å²) in [5.41, 5.74) is 3.00. The number of nitrogens with zero attached hydrogens (tertiary/aromatic N) is 1. The second kappa shape index (κ2) is 9.01. The van der Waals surface area contributed by atoms with Crippen molar-refractivity contribution in [3.8, 4) is 17.2 Å². The number of methoxy groups -OCH3 is 2. The van der Waals surface area contributed by atoms with Crippen molar-refractivity contribution in [2.24, 2.45) is 5.10 Å². The number of carbonyl (C=O) groups excluding carboxylic acids is 1. The molecule has 0 radical (unpaired) electrons. The van der Waals surface area contributed by atoms with E-state index < -0.39 is 12.5 Å². The van der Waals surface area contributed by atoms with Gasteiger partial charge in [-0.25, -0.2) is 5.43 Å². The molecular formula is C21H18F2N2O4. The number of ether oxygens (including phenoxy) is 3. The fourth-order valence-corrected chi connectivity index (χ4v) is 2.80. The van der Waals surface area contributed by atoms with Crippen molar-refractivity contribution in [1.82, 2.24) is 5.43 Å². The van der Waals surface area contributed by atoms with E-state index in [1.54, 1.807) is 30.3 Å². The number of amides is 1. The first kappa shape index (κ1) is 20.1. The molecule has 0 aliphatic heterocycles. The van der Waals surface area contributed by atoms with Gasteiger partial charge in [0.2, 0.25) is 0 Å². The molecule has 0 atom stereocenters. The number of carbonyl (C=O) groups is 1. The molecule has 3 aromatic carbocycles. The summed E-state index contributed by atoms with van der Waals surface area (Å²) in [4.78, 5) is 12.4. The quantitative estimate of drug-likeness (QED) is 0.476. The van der Waals surface area contributed by atoms with E-state index in [4.69, 9.17) is 9.47 Å². The van der Waals surface area contributed by atoms with Crippen molar-refractivity contribution >= 4 is 22.9 Å². The number of hydrogen-bond donors (Lipinski definition) is 1. The highest BCUT2D eigenvalue weighted by molar-refractivity contribution is 6.03. The minimum atomic E-state index is -2.98. The van der Waals surface area contributed by atoms with Gasteiger partial charge in [0.25, 0.3) is 5.91 Å². The summed E-state index contributed by atoms with van der Waals surface area (Å²) in [7, 11) is 2.95. The summed E-state index contributed by atoms with van der Waals surface area (Å²) in [6.07, 6.45) is 1.28. The van der Waals surface area contributed by atoms with Gasteiger partial charge in [-0.15, -0.1) is 0 Å². The van der Waals surface area contributed by atoms with Gasteiger partial charge in [-0.2, -0.15) is 13.9 Å². The van der Waals surface area contributed by atoms with Crippen molar-refractivity contribution in [2.45, 2.75) is 6.61 Å². The van der Waals surface area contributed by atoms with E-state index >= 15 is 0 Å². The van der Waals surface area contributed by atoms with Gasteiger partial charge < -0.3 is 14.2 Å². The Morgan fingerprint density at radius 2 is 1.72 bits per heavy atom. The Hall–Kier alpha value is -3.68. The van der Waals surface area contributed by atoms with Crippen LogP contribution in [0.5, 0.6) is 17.2 Å². The van der Waals surface area contributed by atoms with Crippen LogP contribution in [0.3, 0.4) is 0 Å². The molecule has 3 rings (SSSR count). The van der Waals surface area contributed by atoms with Gasteiger partial charge in [-0.1, -0.05) is 30.3 Å². The number of halogens is 2. The first-order chi connectivity index (χ1) is 14.0. The van der Waals surface area contributed by atoms with Gasteiger partial charge in [0.1, 0.15) is 5.75 Å². The Morgan fingerprint density at radius 3 is 2.45 bits per heavy atom. The predicted octanol–water partition coefficient (Wildman–Crippen LogP) is 4.22. The molecule has 0 unspecified atom stereocenters. The molecule has 0 heterocycles. The maximum atomic E-state index is 12.7. The highest BCUT2D eigenvalue weighted by Crippen LogP contribution is 2.29. The second-order valence-electron chi connectivity index (χ2n) is 5.85. The van der Waals surface area contributed by atoms with E-state index in [2.05, 4.69) is 15.3 Å². The van der Waals surface area contributed by atoms with E-state index in [1.165, 1.54) is 32.6 Å². The van der Waals surface area contributed by atoms with Gasteiger partial charge in [-0.3, -0.25) is 4.79 Å². The molecule has 0 bridgehead atoms. The molecule has 150 valence electrons. The standard InChI is InChI=1S/C21H18F2N2O4/c1-27-18-10-8-14(11-19(18)28-2)20(26)25-24-12-16-15-6-4-3-5-13(15)7-9-17(16)29-21(22)23/h3-12,21H,1-2H3,(H,25,26)/b24-12-. The molecule has 29 heavy (non-hydrogen) atoms. The summed E-state index contributed by atoms with van der Waals surface area (Å²) in [5, 5.41) is 5.40. The fraction of sp³-hybridized carbons (Fsp3) is 0.143. The zero-order valence-electron chi connectivity index (χ0n) is 15.7. The SMILES string of the molecule is COc1ccc(C(=O)N/N=C\c2c(OC(F)F)ccc3ccccc23)cc1OC. The third-order valence-corrected chi connectivity index (χ3v) is 4.15.